The molecule has 2 bridgehead atoms. The minimum Gasteiger partial charge on any atom is -0.464 e. The molecule has 1 fully saturated rings. The van der Waals surface area contributed by atoms with Crippen molar-refractivity contribution < 1.29 is 23.9 Å². The van der Waals surface area contributed by atoms with Gasteiger partial charge in [0.1, 0.15) is 7.11 Å². The lowest BCUT2D eigenvalue weighted by Gasteiger charge is -2.26. The lowest BCUT2D eigenvalue weighted by Crippen LogP contribution is -2.37. The Morgan fingerprint density at radius 3 is 2.57 bits per heavy atom. The second kappa shape index (κ2) is 7.43. The molecule has 0 aromatic heterocycles. The second-order valence-electron chi connectivity index (χ2n) is 7.20. The number of hydrogen-bond donors (Lipinski definition) is 0. The van der Waals surface area contributed by atoms with Gasteiger partial charge in [-0.2, -0.15) is 0 Å². The summed E-state index contributed by atoms with van der Waals surface area (Å²) in [6.07, 6.45) is 5.03. The summed E-state index contributed by atoms with van der Waals surface area (Å²) in [5.41, 5.74) is 3.89. The van der Waals surface area contributed by atoms with Gasteiger partial charge in [-0.3, -0.25) is 0 Å². The fourth-order valence-electron chi connectivity index (χ4n) is 3.76. The summed E-state index contributed by atoms with van der Waals surface area (Å²) in [4.78, 5) is 23.4. The number of nitrogens with zero attached hydrogens (tertiary/aromatic N) is 2. The summed E-state index contributed by atoms with van der Waals surface area (Å²) in [5.74, 6) is 0.599. The monoisotopic (exact) mass is 401 g/mol. The maximum Gasteiger partial charge on any atom is 0.360 e. The van der Waals surface area contributed by atoms with Gasteiger partial charge in [-0.15, -0.1) is 0 Å². The van der Waals surface area contributed by atoms with Crippen molar-refractivity contribution in [3.8, 4) is 0 Å². The molecule has 0 radical (unpaired) electrons. The van der Waals surface area contributed by atoms with Crippen LogP contribution in [-0.2, 0) is 19.2 Å². The smallest absolute Gasteiger partial charge is 0.360 e. The summed E-state index contributed by atoms with van der Waals surface area (Å²) in [6, 6.07) is 8.02. The standard InChI is InChI=1S/C21H22ClN2O4/c1-12-10-16-11-17(18(23-27-3)21(25)26-2)20(12)28-24(16)19(13-4-5-13)14-6-8-15(22)9-7-14/h6-9,11,13,19H,4-5,10H2,1-3H3/q+1. The first-order valence-corrected chi connectivity index (χ1v) is 9.61. The Morgan fingerprint density at radius 1 is 1.29 bits per heavy atom. The van der Waals surface area contributed by atoms with Gasteiger partial charge in [0.15, 0.2) is 5.71 Å². The van der Waals surface area contributed by atoms with Crippen LogP contribution in [0, 0.1) is 5.92 Å². The Bertz CT molecular complexity index is 940. The van der Waals surface area contributed by atoms with E-state index in [1.165, 1.54) is 19.8 Å². The molecular weight excluding hydrogens is 380 g/mol. The van der Waals surface area contributed by atoms with Crippen molar-refractivity contribution in [2.24, 2.45) is 11.1 Å². The van der Waals surface area contributed by atoms with Crippen LogP contribution >= 0.6 is 11.6 Å². The number of carbonyl (C=O) groups excluding carboxylic acids is 1. The first kappa shape index (κ1) is 18.7. The number of oxime groups is 1. The van der Waals surface area contributed by atoms with Gasteiger partial charge in [-0.05, 0) is 42.2 Å². The highest BCUT2D eigenvalue weighted by molar-refractivity contribution is 6.45. The van der Waals surface area contributed by atoms with Crippen LogP contribution in [0.15, 0.2) is 52.4 Å². The van der Waals surface area contributed by atoms with Crippen molar-refractivity contribution in [1.82, 2.24) is 0 Å². The molecule has 2 aliphatic carbocycles. The number of methoxy groups -OCH3 is 1. The summed E-state index contributed by atoms with van der Waals surface area (Å²) in [7, 11) is 2.72. The Morgan fingerprint density at radius 2 is 2.00 bits per heavy atom. The normalized spacial score (nSPS) is 20.0. The highest BCUT2D eigenvalue weighted by Gasteiger charge is 2.48. The molecule has 1 aromatic carbocycles. The number of benzene rings is 1. The average Bonchev–Trinajstić information content (AvgIpc) is 3.53. The van der Waals surface area contributed by atoms with E-state index in [4.69, 9.17) is 26.0 Å². The van der Waals surface area contributed by atoms with Gasteiger partial charge in [-0.1, -0.05) is 28.9 Å². The van der Waals surface area contributed by atoms with E-state index in [0.717, 1.165) is 30.5 Å². The quantitative estimate of drug-likeness (QED) is 0.313. The Balaban J connectivity index is 1.78. The maximum atomic E-state index is 12.2. The number of ether oxygens (including phenoxy) is 1. The molecule has 2 heterocycles. The number of carbonyl (C=O) groups is 1. The van der Waals surface area contributed by atoms with E-state index in [-0.39, 0.29) is 11.8 Å². The first-order valence-electron chi connectivity index (χ1n) is 9.23. The molecule has 2 aliphatic heterocycles. The number of esters is 1. The summed E-state index contributed by atoms with van der Waals surface area (Å²) < 4.78 is 6.84. The number of halogens is 1. The number of hydrogen-bond acceptors (Lipinski definition) is 5. The van der Waals surface area contributed by atoms with Gasteiger partial charge >= 0.3 is 5.97 Å². The average molecular weight is 402 g/mol. The molecule has 1 unspecified atom stereocenters. The molecule has 28 heavy (non-hydrogen) atoms. The molecule has 0 N–H and O–H groups in total. The van der Waals surface area contributed by atoms with E-state index in [1.807, 2.05) is 29.9 Å². The summed E-state index contributed by atoms with van der Waals surface area (Å²) in [5, 5.41) is 4.58. The highest BCUT2D eigenvalue weighted by Crippen LogP contribution is 2.46. The zero-order chi connectivity index (χ0) is 19.8. The maximum absolute atomic E-state index is 12.2. The van der Waals surface area contributed by atoms with Crippen molar-refractivity contribution in [1.29, 1.82) is 0 Å². The van der Waals surface area contributed by atoms with E-state index in [9.17, 15) is 4.79 Å². The predicted octanol–water partition coefficient (Wildman–Crippen LogP) is 3.97. The third-order valence-electron chi connectivity index (χ3n) is 5.21. The fourth-order valence-corrected chi connectivity index (χ4v) is 3.88. The van der Waals surface area contributed by atoms with Crippen LogP contribution in [0.25, 0.3) is 0 Å². The van der Waals surface area contributed by atoms with Crippen molar-refractivity contribution in [3.63, 3.8) is 0 Å². The van der Waals surface area contributed by atoms with Gasteiger partial charge in [0, 0.05) is 22.6 Å². The van der Waals surface area contributed by atoms with Crippen molar-refractivity contribution in [3.05, 3.63) is 57.8 Å². The number of fused-ring (bicyclic) bond motifs is 2. The SMILES string of the molecule is CON=C(C(=O)OC)C1=CC2=[N+](C(c3ccc(Cl)cc3)C3CC3)OC1=C(C)C2. The molecule has 5 rings (SSSR count). The van der Waals surface area contributed by atoms with Crippen LogP contribution < -0.4 is 0 Å². The summed E-state index contributed by atoms with van der Waals surface area (Å²) in [6.45, 7) is 2.00. The molecule has 0 saturated heterocycles. The van der Waals surface area contributed by atoms with E-state index >= 15 is 0 Å². The van der Waals surface area contributed by atoms with Gasteiger partial charge in [0.05, 0.1) is 19.1 Å². The molecule has 1 saturated carbocycles. The van der Waals surface area contributed by atoms with Crippen LogP contribution in [0.3, 0.4) is 0 Å². The lowest BCUT2D eigenvalue weighted by molar-refractivity contribution is -0.808. The van der Waals surface area contributed by atoms with Gasteiger partial charge in [0.25, 0.3) is 0 Å². The van der Waals surface area contributed by atoms with Crippen LogP contribution in [0.5, 0.6) is 0 Å². The van der Waals surface area contributed by atoms with Crippen LogP contribution in [-0.4, -0.2) is 36.4 Å². The Kier molecular flexibility index (Phi) is 4.98. The third-order valence-corrected chi connectivity index (χ3v) is 5.46. The number of hydroxylamine groups is 1. The third kappa shape index (κ3) is 3.33. The Hall–Kier alpha value is -2.60. The van der Waals surface area contributed by atoms with E-state index < -0.39 is 5.97 Å². The van der Waals surface area contributed by atoms with Crippen LogP contribution in [0.2, 0.25) is 5.02 Å². The largest absolute Gasteiger partial charge is 0.464 e. The molecular formula is C21H22ClN2O4+. The molecule has 4 aliphatic rings. The fraction of sp³-hybridized carbons (Fsp3) is 0.381. The van der Waals surface area contributed by atoms with Crippen molar-refractivity contribution in [2.45, 2.75) is 32.2 Å². The van der Waals surface area contributed by atoms with Gasteiger partial charge < -0.3 is 9.57 Å². The molecule has 0 amide bonds. The number of rotatable bonds is 6. The molecule has 0 spiro atoms. The molecule has 6 nitrogen and oxygen atoms in total. The summed E-state index contributed by atoms with van der Waals surface area (Å²) >= 11 is 6.07. The molecule has 1 aromatic rings. The topological polar surface area (TPSA) is 60.1 Å². The molecule has 146 valence electrons. The zero-order valence-corrected chi connectivity index (χ0v) is 16.8. The Labute approximate surface area is 168 Å². The highest BCUT2D eigenvalue weighted by atomic mass is 35.5. The van der Waals surface area contributed by atoms with Gasteiger partial charge in [-0.25, -0.2) is 9.63 Å². The van der Waals surface area contributed by atoms with E-state index in [1.54, 1.807) is 0 Å². The van der Waals surface area contributed by atoms with Gasteiger partial charge in [0.2, 0.25) is 17.5 Å². The second-order valence-corrected chi connectivity index (χ2v) is 7.64. The van der Waals surface area contributed by atoms with Crippen LogP contribution in [0.1, 0.15) is 37.8 Å². The minimum absolute atomic E-state index is 0.102. The lowest BCUT2D eigenvalue weighted by atomic mass is 9.91. The van der Waals surface area contributed by atoms with Crippen molar-refractivity contribution >= 4 is 29.0 Å². The molecule has 7 heteroatoms. The van der Waals surface area contributed by atoms with Crippen molar-refractivity contribution in [2.75, 3.05) is 14.2 Å². The first-order chi connectivity index (χ1) is 13.5. The zero-order valence-electron chi connectivity index (χ0n) is 16.1. The number of allylic oxidation sites excluding steroid dienone is 3. The molecule has 1 atom stereocenters. The van der Waals surface area contributed by atoms with Crippen LogP contribution in [0.4, 0.5) is 0 Å². The predicted molar refractivity (Wildman–Crippen MR) is 105 cm³/mol. The van der Waals surface area contributed by atoms with E-state index in [2.05, 4.69) is 17.3 Å². The minimum atomic E-state index is -0.562. The van der Waals surface area contributed by atoms with E-state index in [0.29, 0.717) is 22.3 Å².